The van der Waals surface area contributed by atoms with Crippen molar-refractivity contribution in [2.75, 3.05) is 11.4 Å². The maximum Gasteiger partial charge on any atom is 0.279 e. The van der Waals surface area contributed by atoms with Gasteiger partial charge in [-0.25, -0.2) is 4.68 Å². The minimum atomic E-state index is -0.102. The van der Waals surface area contributed by atoms with Gasteiger partial charge in [-0.05, 0) is 24.6 Å². The molecule has 2 heterocycles. The third kappa shape index (κ3) is 3.29. The number of benzene rings is 2. The summed E-state index contributed by atoms with van der Waals surface area (Å²) in [4.78, 5) is 14.4. The van der Waals surface area contributed by atoms with E-state index >= 15 is 0 Å². The molecule has 1 aromatic heterocycles. The first-order valence-electron chi connectivity index (χ1n) is 8.90. The summed E-state index contributed by atoms with van der Waals surface area (Å²) in [6, 6.07) is 17.5. The molecule has 1 aliphatic heterocycles. The first-order valence-corrected chi connectivity index (χ1v) is 8.90. The van der Waals surface area contributed by atoms with Crippen molar-refractivity contribution in [1.29, 1.82) is 0 Å². The average Bonchev–Trinajstić information content (AvgIpc) is 3.28. The Bertz CT molecular complexity index is 1020. The van der Waals surface area contributed by atoms with Gasteiger partial charge in [0, 0.05) is 23.9 Å². The van der Waals surface area contributed by atoms with Crippen LogP contribution in [0.3, 0.4) is 0 Å². The first-order chi connectivity index (χ1) is 13.3. The summed E-state index contributed by atoms with van der Waals surface area (Å²) in [6.45, 7) is 2.72. The van der Waals surface area contributed by atoms with Crippen molar-refractivity contribution < 1.29 is 4.79 Å². The number of hydrogen-bond acceptors (Lipinski definition) is 4. The molecule has 0 saturated heterocycles. The van der Waals surface area contributed by atoms with E-state index in [9.17, 15) is 4.79 Å². The lowest BCUT2D eigenvalue weighted by atomic mass is 10.1. The van der Waals surface area contributed by atoms with E-state index in [4.69, 9.17) is 0 Å². The highest BCUT2D eigenvalue weighted by Gasteiger charge is 2.33. The summed E-state index contributed by atoms with van der Waals surface area (Å²) in [6.07, 6.45) is 6.07. The molecular formula is C21H19N5O. The molecule has 6 heteroatoms. The average molecular weight is 357 g/mol. The normalized spacial score (nSPS) is 15.1. The van der Waals surface area contributed by atoms with Crippen LogP contribution in [0, 0.1) is 0 Å². The molecule has 0 radical (unpaired) electrons. The van der Waals surface area contributed by atoms with Gasteiger partial charge in [-0.3, -0.25) is 4.79 Å². The van der Waals surface area contributed by atoms with Crippen molar-refractivity contribution in [2.45, 2.75) is 13.3 Å². The van der Waals surface area contributed by atoms with Crippen molar-refractivity contribution in [3.8, 4) is 5.69 Å². The quantitative estimate of drug-likeness (QED) is 0.519. The molecule has 27 heavy (non-hydrogen) atoms. The zero-order valence-electron chi connectivity index (χ0n) is 15.0. The zero-order chi connectivity index (χ0) is 18.6. The largest absolute Gasteiger partial charge is 0.306 e. The molecule has 6 nitrogen and oxygen atoms in total. The maximum atomic E-state index is 12.7. The summed E-state index contributed by atoms with van der Waals surface area (Å²) in [5.74, 6) is -0.102. The molecule has 0 fully saturated rings. The predicted octanol–water partition coefficient (Wildman–Crippen LogP) is 3.45. The summed E-state index contributed by atoms with van der Waals surface area (Å²) >= 11 is 0. The van der Waals surface area contributed by atoms with Crippen LogP contribution in [0.5, 0.6) is 0 Å². The minimum absolute atomic E-state index is 0.102. The smallest absolute Gasteiger partial charge is 0.279 e. The van der Waals surface area contributed by atoms with Gasteiger partial charge in [-0.15, -0.1) is 5.10 Å². The number of nitrogens with zero attached hydrogens (tertiary/aromatic N) is 5. The Labute approximate surface area is 157 Å². The second kappa shape index (κ2) is 7.37. The van der Waals surface area contributed by atoms with Gasteiger partial charge in [-0.2, -0.15) is 10.2 Å². The lowest BCUT2D eigenvalue weighted by Gasteiger charge is -2.14. The number of anilines is 1. The van der Waals surface area contributed by atoms with E-state index in [0.717, 1.165) is 28.9 Å². The number of para-hydroxylation sites is 2. The number of hydrogen-bond donors (Lipinski definition) is 0. The molecule has 0 aliphatic carbocycles. The molecular weight excluding hydrogens is 338 g/mol. The fourth-order valence-corrected chi connectivity index (χ4v) is 3.08. The van der Waals surface area contributed by atoms with Crippen LogP contribution in [0.25, 0.3) is 5.69 Å². The van der Waals surface area contributed by atoms with E-state index in [-0.39, 0.29) is 5.91 Å². The van der Waals surface area contributed by atoms with Gasteiger partial charge in [0.2, 0.25) is 0 Å². The van der Waals surface area contributed by atoms with Crippen LogP contribution >= 0.6 is 0 Å². The Morgan fingerprint density at radius 1 is 1.07 bits per heavy atom. The summed E-state index contributed by atoms with van der Waals surface area (Å²) in [5.41, 5.74) is 3.89. The van der Waals surface area contributed by atoms with Crippen molar-refractivity contribution in [3.63, 3.8) is 0 Å². The van der Waals surface area contributed by atoms with Crippen LogP contribution in [0.2, 0.25) is 0 Å². The van der Waals surface area contributed by atoms with Gasteiger partial charge in [0.25, 0.3) is 5.91 Å². The maximum absolute atomic E-state index is 12.7. The van der Waals surface area contributed by atoms with E-state index in [1.54, 1.807) is 22.0 Å². The number of amides is 1. The second-order valence-corrected chi connectivity index (χ2v) is 6.22. The van der Waals surface area contributed by atoms with Crippen LogP contribution in [-0.2, 0) is 4.79 Å². The summed E-state index contributed by atoms with van der Waals surface area (Å²) in [5, 5.41) is 12.7. The Hall–Kier alpha value is -3.54. The van der Waals surface area contributed by atoms with Crippen LogP contribution in [0.15, 0.2) is 77.2 Å². The predicted molar refractivity (Wildman–Crippen MR) is 107 cm³/mol. The van der Waals surface area contributed by atoms with Gasteiger partial charge < -0.3 is 4.90 Å². The molecule has 4 rings (SSSR count). The first kappa shape index (κ1) is 16.9. The Morgan fingerprint density at radius 3 is 2.67 bits per heavy atom. The number of aromatic nitrogens is 2. The van der Waals surface area contributed by atoms with E-state index < -0.39 is 0 Å². The fourth-order valence-electron chi connectivity index (χ4n) is 3.08. The Balaban J connectivity index is 1.58. The Morgan fingerprint density at radius 2 is 1.85 bits per heavy atom. The molecule has 0 saturated carbocycles. The molecule has 2 aromatic carbocycles. The van der Waals surface area contributed by atoms with E-state index in [2.05, 4.69) is 15.3 Å². The van der Waals surface area contributed by atoms with Gasteiger partial charge in [0.05, 0.1) is 23.8 Å². The minimum Gasteiger partial charge on any atom is -0.306 e. The fraction of sp³-hybridized carbons (Fsp3) is 0.143. The molecule has 3 aromatic rings. The van der Waals surface area contributed by atoms with Crippen LogP contribution in [-0.4, -0.2) is 34.2 Å². The van der Waals surface area contributed by atoms with Gasteiger partial charge in [0.1, 0.15) is 0 Å². The highest BCUT2D eigenvalue weighted by Crippen LogP contribution is 2.29. The molecule has 0 spiro atoms. The molecule has 0 atom stereocenters. The number of carbonyl (C=O) groups is 1. The number of carbonyl (C=O) groups excluding carboxylic acids is 1. The summed E-state index contributed by atoms with van der Waals surface area (Å²) < 4.78 is 1.77. The molecule has 0 unspecified atom stereocenters. The Kier molecular flexibility index (Phi) is 4.61. The van der Waals surface area contributed by atoms with Gasteiger partial charge in [0.15, 0.2) is 5.71 Å². The molecule has 0 bridgehead atoms. The highest BCUT2D eigenvalue weighted by molar-refractivity contribution is 6.54. The van der Waals surface area contributed by atoms with Crippen molar-refractivity contribution in [3.05, 3.63) is 78.1 Å². The third-order valence-corrected chi connectivity index (χ3v) is 4.33. The number of rotatable bonds is 5. The van der Waals surface area contributed by atoms with E-state index in [0.29, 0.717) is 12.3 Å². The molecule has 134 valence electrons. The zero-order valence-corrected chi connectivity index (χ0v) is 15.0. The lowest BCUT2D eigenvalue weighted by molar-refractivity contribution is -0.112. The standard InChI is InChI=1S/C21H19N5O/c1-2-12-25-19-11-7-6-10-18(19)20(21(25)27)24-22-13-16-14-23-26(15-16)17-8-4-3-5-9-17/h3-11,13-15H,2,12H2,1H3/b22-13-,24-20+. The van der Waals surface area contributed by atoms with Crippen molar-refractivity contribution >= 4 is 23.5 Å². The van der Waals surface area contributed by atoms with Crippen LogP contribution < -0.4 is 4.90 Å². The molecule has 1 aliphatic rings. The third-order valence-electron chi connectivity index (χ3n) is 4.33. The highest BCUT2D eigenvalue weighted by atomic mass is 16.2. The summed E-state index contributed by atoms with van der Waals surface area (Å²) in [7, 11) is 0. The van der Waals surface area contributed by atoms with Crippen molar-refractivity contribution in [2.24, 2.45) is 10.2 Å². The monoisotopic (exact) mass is 357 g/mol. The van der Waals surface area contributed by atoms with Crippen molar-refractivity contribution in [1.82, 2.24) is 9.78 Å². The molecule has 0 N–H and O–H groups in total. The van der Waals surface area contributed by atoms with E-state index in [1.807, 2.05) is 67.7 Å². The number of fused-ring (bicyclic) bond motifs is 1. The van der Waals surface area contributed by atoms with Crippen LogP contribution in [0.1, 0.15) is 24.5 Å². The molecule has 1 amide bonds. The van der Waals surface area contributed by atoms with Gasteiger partial charge in [-0.1, -0.05) is 43.3 Å². The van der Waals surface area contributed by atoms with E-state index in [1.165, 1.54) is 0 Å². The SMILES string of the molecule is CCCN1C(=O)/C(=N/N=C\c2cnn(-c3ccccc3)c2)c2ccccc21. The van der Waals surface area contributed by atoms with Gasteiger partial charge >= 0.3 is 0 Å². The second-order valence-electron chi connectivity index (χ2n) is 6.22. The lowest BCUT2D eigenvalue weighted by Crippen LogP contribution is -2.30. The van der Waals surface area contributed by atoms with Crippen LogP contribution in [0.4, 0.5) is 5.69 Å². The topological polar surface area (TPSA) is 62.9 Å².